The molecule has 1 aliphatic rings. The summed E-state index contributed by atoms with van der Waals surface area (Å²) in [6.45, 7) is 1.21. The van der Waals surface area contributed by atoms with Crippen molar-refractivity contribution in [1.29, 1.82) is 0 Å². The number of pyridine rings is 1. The Morgan fingerprint density at radius 2 is 1.69 bits per heavy atom. The second kappa shape index (κ2) is 11.4. The van der Waals surface area contributed by atoms with E-state index in [1.54, 1.807) is 36.7 Å². The molecule has 0 bridgehead atoms. The summed E-state index contributed by atoms with van der Waals surface area (Å²) in [7, 11) is -3.51. The molecule has 10 heteroatoms. The van der Waals surface area contributed by atoms with Gasteiger partial charge in [0.05, 0.1) is 4.90 Å². The highest BCUT2D eigenvalue weighted by atomic mass is 32.2. The van der Waals surface area contributed by atoms with Gasteiger partial charge in [-0.05, 0) is 42.7 Å². The monoisotopic (exact) mass is 457 g/mol. The lowest BCUT2D eigenvalue weighted by molar-refractivity contribution is -0.122. The Morgan fingerprint density at radius 1 is 0.938 bits per heavy atom. The van der Waals surface area contributed by atoms with Crippen molar-refractivity contribution in [3.8, 4) is 0 Å². The highest BCUT2D eigenvalue weighted by Gasteiger charge is 2.29. The molecule has 3 rings (SSSR count). The lowest BCUT2D eigenvalue weighted by Crippen LogP contribution is -2.30. The molecule has 2 amide bonds. The molecule has 170 valence electrons. The van der Waals surface area contributed by atoms with Crippen molar-refractivity contribution >= 4 is 27.7 Å². The van der Waals surface area contributed by atoms with Crippen LogP contribution in [0.3, 0.4) is 0 Å². The van der Waals surface area contributed by atoms with Crippen LogP contribution in [-0.4, -0.2) is 44.1 Å². The molecule has 1 aliphatic heterocycles. The Morgan fingerprint density at radius 3 is 2.50 bits per heavy atom. The first-order valence-electron chi connectivity index (χ1n) is 10.5. The predicted octanol–water partition coefficient (Wildman–Crippen LogP) is 1.50. The summed E-state index contributed by atoms with van der Waals surface area (Å²) < 4.78 is 26.6. The van der Waals surface area contributed by atoms with Crippen molar-refractivity contribution in [2.75, 3.05) is 13.1 Å². The van der Waals surface area contributed by atoms with E-state index in [4.69, 9.17) is 0 Å². The van der Waals surface area contributed by atoms with Gasteiger partial charge in [0.2, 0.25) is 11.8 Å². The molecule has 0 spiro atoms. The second-order valence-corrected chi connectivity index (χ2v) is 9.03. The summed E-state index contributed by atoms with van der Waals surface area (Å²) in [6.07, 6.45) is 6.19. The molecule has 0 fully saturated rings. The number of amidine groups is 1. The average molecular weight is 458 g/mol. The molecule has 2 aromatic rings. The number of hydrogen-bond donors (Lipinski definition) is 3. The Kier molecular flexibility index (Phi) is 8.32. The number of aromatic nitrogens is 1. The molecule has 2 heterocycles. The van der Waals surface area contributed by atoms with Gasteiger partial charge in [-0.2, -0.15) is 0 Å². The van der Waals surface area contributed by atoms with E-state index in [0.717, 1.165) is 18.4 Å². The number of hydrogen-bond acceptors (Lipinski definition) is 6. The van der Waals surface area contributed by atoms with E-state index in [2.05, 4.69) is 25.3 Å². The zero-order chi connectivity index (χ0) is 22.8. The minimum atomic E-state index is -3.51. The van der Waals surface area contributed by atoms with E-state index in [9.17, 15) is 18.0 Å². The van der Waals surface area contributed by atoms with E-state index in [1.807, 2.05) is 12.1 Å². The maximum absolute atomic E-state index is 12.0. The molecule has 9 nitrogen and oxygen atoms in total. The van der Waals surface area contributed by atoms with E-state index < -0.39 is 10.0 Å². The van der Waals surface area contributed by atoms with Gasteiger partial charge < -0.3 is 10.6 Å². The third-order valence-electron chi connectivity index (χ3n) is 4.91. The Balaban J connectivity index is 1.25. The number of unbranched alkanes of at least 4 members (excludes halogenated alkanes) is 2. The largest absolute Gasteiger partial charge is 0.356 e. The van der Waals surface area contributed by atoms with E-state index in [1.165, 1.54) is 0 Å². The third-order valence-corrected chi connectivity index (χ3v) is 6.30. The number of amides is 2. The standard InChI is InChI=1S/C22H27N5O4S/c28-20(24-15-11-21(29)26-16-17-9-13-23-14-10-17)8-2-1-5-12-25-22-18-6-3-4-7-19(18)32(30,31)27-22/h3-4,6-7,9-10,13-14H,1-2,5,8,11-12,15-16H2,(H,24,28)(H,25,27)(H,26,29). The van der Waals surface area contributed by atoms with Crippen LogP contribution in [0.25, 0.3) is 0 Å². The Bertz CT molecular complexity index is 1070. The van der Waals surface area contributed by atoms with Crippen LogP contribution in [0.4, 0.5) is 0 Å². The summed E-state index contributed by atoms with van der Waals surface area (Å²) >= 11 is 0. The normalized spacial score (nSPS) is 15.1. The van der Waals surface area contributed by atoms with Crippen LogP contribution in [0.1, 0.15) is 43.2 Å². The number of carbonyl (C=O) groups is 2. The van der Waals surface area contributed by atoms with Crippen LogP contribution >= 0.6 is 0 Å². The SMILES string of the molecule is O=C(CCCCCN=C1NS(=O)(=O)c2ccccc21)NCCC(=O)NCc1ccncc1. The number of rotatable bonds is 11. The fraction of sp³-hybridized carbons (Fsp3) is 0.364. The lowest BCUT2D eigenvalue weighted by atomic mass is 10.2. The van der Waals surface area contributed by atoms with Crippen molar-refractivity contribution < 1.29 is 18.0 Å². The Hall–Kier alpha value is -3.27. The highest BCUT2D eigenvalue weighted by molar-refractivity contribution is 7.90. The zero-order valence-corrected chi connectivity index (χ0v) is 18.5. The van der Waals surface area contributed by atoms with Crippen LogP contribution in [0.5, 0.6) is 0 Å². The van der Waals surface area contributed by atoms with Gasteiger partial charge >= 0.3 is 0 Å². The first-order chi connectivity index (χ1) is 15.5. The van der Waals surface area contributed by atoms with Gasteiger partial charge in [0.15, 0.2) is 0 Å². The second-order valence-electron chi connectivity index (χ2n) is 7.37. The molecule has 0 saturated heterocycles. The molecule has 3 N–H and O–H groups in total. The molecule has 0 aliphatic carbocycles. The quantitative estimate of drug-likeness (QED) is 0.440. The first-order valence-corrected chi connectivity index (χ1v) is 12.0. The van der Waals surface area contributed by atoms with E-state index in [-0.39, 0.29) is 23.1 Å². The van der Waals surface area contributed by atoms with Gasteiger partial charge in [-0.1, -0.05) is 18.6 Å². The van der Waals surface area contributed by atoms with Gasteiger partial charge in [-0.25, -0.2) is 8.42 Å². The minimum Gasteiger partial charge on any atom is -0.356 e. The fourth-order valence-corrected chi connectivity index (χ4v) is 4.46. The smallest absolute Gasteiger partial charge is 0.263 e. The maximum atomic E-state index is 12.0. The van der Waals surface area contributed by atoms with Crippen molar-refractivity contribution in [2.45, 2.75) is 43.5 Å². The Labute approximate surface area is 187 Å². The van der Waals surface area contributed by atoms with Crippen LogP contribution in [0, 0.1) is 0 Å². The topological polar surface area (TPSA) is 130 Å². The minimum absolute atomic E-state index is 0.0873. The summed E-state index contributed by atoms with van der Waals surface area (Å²) in [5, 5.41) is 5.55. The van der Waals surface area contributed by atoms with Crippen LogP contribution in [0.2, 0.25) is 0 Å². The summed E-state index contributed by atoms with van der Waals surface area (Å²) in [6, 6.07) is 10.4. The number of benzene rings is 1. The number of aliphatic imine (C=N–C) groups is 1. The van der Waals surface area contributed by atoms with Crippen LogP contribution in [-0.2, 0) is 26.2 Å². The van der Waals surface area contributed by atoms with E-state index >= 15 is 0 Å². The molecule has 32 heavy (non-hydrogen) atoms. The zero-order valence-electron chi connectivity index (χ0n) is 17.7. The van der Waals surface area contributed by atoms with Crippen molar-refractivity contribution in [1.82, 2.24) is 20.3 Å². The van der Waals surface area contributed by atoms with Crippen molar-refractivity contribution in [3.63, 3.8) is 0 Å². The molecule has 0 unspecified atom stereocenters. The molecule has 0 saturated carbocycles. The number of nitrogens with zero attached hydrogens (tertiary/aromatic N) is 2. The number of fused-ring (bicyclic) bond motifs is 1. The van der Waals surface area contributed by atoms with Gasteiger partial charge in [0.25, 0.3) is 10.0 Å². The van der Waals surface area contributed by atoms with Crippen molar-refractivity contribution in [2.24, 2.45) is 4.99 Å². The van der Waals surface area contributed by atoms with E-state index in [0.29, 0.717) is 43.9 Å². The van der Waals surface area contributed by atoms with Gasteiger partial charge in [0, 0.05) is 50.4 Å². The summed E-state index contributed by atoms with van der Waals surface area (Å²) in [5.41, 5.74) is 1.56. The van der Waals surface area contributed by atoms with Crippen LogP contribution in [0.15, 0.2) is 58.7 Å². The molecular formula is C22H27N5O4S. The average Bonchev–Trinajstić information content (AvgIpc) is 3.05. The summed E-state index contributed by atoms with van der Waals surface area (Å²) in [5.74, 6) is 0.168. The number of sulfonamides is 1. The molecule has 1 aromatic heterocycles. The predicted molar refractivity (Wildman–Crippen MR) is 120 cm³/mol. The number of carbonyl (C=O) groups excluding carboxylic acids is 2. The summed E-state index contributed by atoms with van der Waals surface area (Å²) in [4.78, 5) is 32.3. The fourth-order valence-electron chi connectivity index (χ4n) is 3.21. The van der Waals surface area contributed by atoms with Gasteiger partial charge in [-0.3, -0.25) is 24.3 Å². The first kappa shape index (κ1) is 23.4. The van der Waals surface area contributed by atoms with Gasteiger partial charge in [-0.15, -0.1) is 0 Å². The molecule has 1 aromatic carbocycles. The molecular weight excluding hydrogens is 430 g/mol. The maximum Gasteiger partial charge on any atom is 0.263 e. The van der Waals surface area contributed by atoms with Crippen LogP contribution < -0.4 is 15.4 Å². The third kappa shape index (κ3) is 6.88. The highest BCUT2D eigenvalue weighted by Crippen LogP contribution is 2.22. The van der Waals surface area contributed by atoms with Crippen molar-refractivity contribution in [3.05, 3.63) is 59.9 Å². The number of nitrogens with one attached hydrogen (secondary N) is 3. The van der Waals surface area contributed by atoms with Gasteiger partial charge in [0.1, 0.15) is 5.84 Å². The molecule has 0 radical (unpaired) electrons. The molecule has 0 atom stereocenters. The lowest BCUT2D eigenvalue weighted by Gasteiger charge is -2.07.